The molecule has 0 aliphatic carbocycles. The molecule has 3 aromatic rings. The summed E-state index contributed by atoms with van der Waals surface area (Å²) in [5.41, 5.74) is 9.35. The van der Waals surface area contributed by atoms with E-state index in [4.69, 9.17) is 10.2 Å². The largest absolute Gasteiger partial charge is 0.459 e. The Balaban J connectivity index is 2.12. The number of furan rings is 1. The van der Waals surface area contributed by atoms with Gasteiger partial charge in [-0.15, -0.1) is 0 Å². The summed E-state index contributed by atoms with van der Waals surface area (Å²) in [6.07, 6.45) is 0. The van der Waals surface area contributed by atoms with Gasteiger partial charge in [0, 0.05) is 19.9 Å². The van der Waals surface area contributed by atoms with E-state index in [-0.39, 0.29) is 6.04 Å². The molecule has 2 N–H and O–H groups in total. The van der Waals surface area contributed by atoms with Crippen molar-refractivity contribution in [2.24, 2.45) is 5.73 Å². The Hall–Kier alpha value is -1.10. The lowest BCUT2D eigenvalue weighted by molar-refractivity contribution is 0.521. The molecule has 0 amide bonds. The van der Waals surface area contributed by atoms with Crippen molar-refractivity contribution in [3.05, 3.63) is 68.3 Å². The third-order valence-electron chi connectivity index (χ3n) is 3.43. The van der Waals surface area contributed by atoms with E-state index in [1.54, 1.807) is 0 Å². The molecule has 1 atom stereocenters. The maximum atomic E-state index is 6.36. The molecule has 3 rings (SSSR count). The molecule has 0 aliphatic heterocycles. The zero-order chi connectivity index (χ0) is 14.3. The zero-order valence-corrected chi connectivity index (χ0v) is 14.0. The highest BCUT2D eigenvalue weighted by Crippen LogP contribution is 2.33. The van der Waals surface area contributed by atoms with Gasteiger partial charge >= 0.3 is 0 Å². The summed E-state index contributed by atoms with van der Waals surface area (Å²) in [5, 5.41) is 1.10. The van der Waals surface area contributed by atoms with Crippen molar-refractivity contribution in [3.8, 4) is 0 Å². The average Bonchev–Trinajstić information content (AvgIpc) is 2.75. The summed E-state index contributed by atoms with van der Waals surface area (Å²) in [6, 6.07) is 13.7. The predicted molar refractivity (Wildman–Crippen MR) is 88.8 cm³/mol. The second-order valence-electron chi connectivity index (χ2n) is 4.76. The smallest absolute Gasteiger partial charge is 0.134 e. The van der Waals surface area contributed by atoms with E-state index >= 15 is 0 Å². The average molecular weight is 395 g/mol. The monoisotopic (exact) mass is 393 g/mol. The van der Waals surface area contributed by atoms with E-state index in [9.17, 15) is 0 Å². The van der Waals surface area contributed by atoms with E-state index in [1.165, 1.54) is 0 Å². The molecule has 0 bridgehead atoms. The first kappa shape index (κ1) is 13.9. The fourth-order valence-electron chi connectivity index (χ4n) is 2.36. The van der Waals surface area contributed by atoms with Gasteiger partial charge in [-0.2, -0.15) is 0 Å². The lowest BCUT2D eigenvalue weighted by atomic mass is 10.0. The van der Waals surface area contributed by atoms with Gasteiger partial charge in [0.25, 0.3) is 0 Å². The van der Waals surface area contributed by atoms with Crippen molar-refractivity contribution in [2.45, 2.75) is 13.0 Å². The first-order valence-corrected chi connectivity index (χ1v) is 7.84. The molecular weight excluding hydrogens is 382 g/mol. The molecule has 0 saturated carbocycles. The number of aryl methyl sites for hydroxylation is 1. The molecule has 102 valence electrons. The van der Waals surface area contributed by atoms with Crippen molar-refractivity contribution in [2.75, 3.05) is 0 Å². The highest BCUT2D eigenvalue weighted by atomic mass is 79.9. The fourth-order valence-corrected chi connectivity index (χ4v) is 3.14. The molecule has 0 aliphatic rings. The van der Waals surface area contributed by atoms with Crippen LogP contribution in [-0.2, 0) is 0 Å². The molecular formula is C16H13Br2NO. The van der Waals surface area contributed by atoms with Gasteiger partial charge in [0.1, 0.15) is 11.3 Å². The number of benzene rings is 2. The molecule has 1 aromatic heterocycles. The summed E-state index contributed by atoms with van der Waals surface area (Å²) in [6.45, 7) is 2.05. The van der Waals surface area contributed by atoms with Crippen LogP contribution in [0.25, 0.3) is 11.0 Å². The topological polar surface area (TPSA) is 39.2 Å². The number of nitrogens with two attached hydrogens (primary N) is 1. The molecule has 0 radical (unpaired) electrons. The van der Waals surface area contributed by atoms with Crippen LogP contribution in [0, 0.1) is 6.92 Å². The summed E-state index contributed by atoms with van der Waals surface area (Å²) in [4.78, 5) is 0. The highest BCUT2D eigenvalue weighted by Gasteiger charge is 2.18. The molecule has 2 aromatic carbocycles. The first-order valence-electron chi connectivity index (χ1n) is 6.26. The Kier molecular flexibility index (Phi) is 3.71. The van der Waals surface area contributed by atoms with E-state index in [0.717, 1.165) is 36.8 Å². The quantitative estimate of drug-likeness (QED) is 0.639. The third kappa shape index (κ3) is 2.43. The van der Waals surface area contributed by atoms with Gasteiger partial charge in [0.15, 0.2) is 0 Å². The van der Waals surface area contributed by atoms with Crippen molar-refractivity contribution >= 4 is 42.8 Å². The van der Waals surface area contributed by atoms with Crippen LogP contribution in [0.15, 0.2) is 55.8 Å². The van der Waals surface area contributed by atoms with E-state index in [2.05, 4.69) is 37.9 Å². The first-order chi connectivity index (χ1) is 9.56. The Labute approximate surface area is 134 Å². The zero-order valence-electron chi connectivity index (χ0n) is 10.9. The van der Waals surface area contributed by atoms with Gasteiger partial charge in [-0.25, -0.2) is 0 Å². The van der Waals surface area contributed by atoms with Gasteiger partial charge in [-0.1, -0.05) is 44.0 Å². The van der Waals surface area contributed by atoms with E-state index in [1.807, 2.05) is 43.3 Å². The normalized spacial score (nSPS) is 12.8. The van der Waals surface area contributed by atoms with E-state index < -0.39 is 0 Å². The van der Waals surface area contributed by atoms with E-state index in [0.29, 0.717) is 0 Å². The van der Waals surface area contributed by atoms with Crippen molar-refractivity contribution in [1.29, 1.82) is 0 Å². The molecule has 0 fully saturated rings. The number of hydrogen-bond donors (Lipinski definition) is 1. The third-order valence-corrected chi connectivity index (χ3v) is 4.41. The van der Waals surface area contributed by atoms with Crippen LogP contribution in [0.4, 0.5) is 0 Å². The van der Waals surface area contributed by atoms with Gasteiger partial charge < -0.3 is 10.2 Å². The summed E-state index contributed by atoms with van der Waals surface area (Å²) < 4.78 is 8.00. The second-order valence-corrected chi connectivity index (χ2v) is 6.60. The molecule has 4 heteroatoms. The van der Waals surface area contributed by atoms with Crippen LogP contribution in [0.5, 0.6) is 0 Å². The van der Waals surface area contributed by atoms with Gasteiger partial charge in [0.05, 0.1) is 6.04 Å². The minimum absolute atomic E-state index is 0.265. The van der Waals surface area contributed by atoms with Crippen molar-refractivity contribution in [3.63, 3.8) is 0 Å². The highest BCUT2D eigenvalue weighted by molar-refractivity contribution is 9.10. The van der Waals surface area contributed by atoms with Crippen LogP contribution in [0.1, 0.15) is 22.9 Å². The van der Waals surface area contributed by atoms with Gasteiger partial charge in [-0.05, 0) is 42.8 Å². The van der Waals surface area contributed by atoms with Crippen molar-refractivity contribution in [1.82, 2.24) is 0 Å². The van der Waals surface area contributed by atoms with Crippen LogP contribution in [0.3, 0.4) is 0 Å². The van der Waals surface area contributed by atoms with Crippen LogP contribution in [0.2, 0.25) is 0 Å². The number of halogens is 2. The number of fused-ring (bicyclic) bond motifs is 1. The second kappa shape index (κ2) is 5.35. The van der Waals surface area contributed by atoms with Gasteiger partial charge in [-0.3, -0.25) is 0 Å². The molecule has 1 unspecified atom stereocenters. The van der Waals surface area contributed by atoms with Gasteiger partial charge in [0.2, 0.25) is 0 Å². The Morgan fingerprint density at radius 2 is 1.80 bits per heavy atom. The maximum Gasteiger partial charge on any atom is 0.134 e. The Morgan fingerprint density at radius 1 is 1.05 bits per heavy atom. The molecule has 0 saturated heterocycles. The molecule has 1 heterocycles. The minimum atomic E-state index is -0.265. The number of hydrogen-bond acceptors (Lipinski definition) is 2. The van der Waals surface area contributed by atoms with Crippen LogP contribution >= 0.6 is 31.9 Å². The van der Waals surface area contributed by atoms with Crippen molar-refractivity contribution < 1.29 is 4.42 Å². The summed E-state index contributed by atoms with van der Waals surface area (Å²) in [5.74, 6) is 0.816. The Bertz CT molecular complexity index is 779. The SMILES string of the molecule is Cc1c(C(N)c2cccc(Br)c2)oc2ccc(Br)cc12. The fraction of sp³-hybridized carbons (Fsp3) is 0.125. The molecule has 20 heavy (non-hydrogen) atoms. The predicted octanol–water partition coefficient (Wildman–Crippen LogP) is 5.31. The Morgan fingerprint density at radius 3 is 2.55 bits per heavy atom. The minimum Gasteiger partial charge on any atom is -0.459 e. The lowest BCUT2D eigenvalue weighted by Crippen LogP contribution is -2.11. The van der Waals surface area contributed by atoms with Crippen LogP contribution in [-0.4, -0.2) is 0 Å². The van der Waals surface area contributed by atoms with Crippen LogP contribution < -0.4 is 5.73 Å². The molecule has 2 nitrogen and oxygen atoms in total. The summed E-state index contributed by atoms with van der Waals surface area (Å²) >= 11 is 6.96. The standard InChI is InChI=1S/C16H13Br2NO/c1-9-13-8-12(18)5-6-14(13)20-16(9)15(19)10-3-2-4-11(17)7-10/h2-8,15H,19H2,1H3. The lowest BCUT2D eigenvalue weighted by Gasteiger charge is -2.10. The maximum absolute atomic E-state index is 6.36. The number of rotatable bonds is 2. The molecule has 0 spiro atoms. The summed E-state index contributed by atoms with van der Waals surface area (Å²) in [7, 11) is 0.